The Labute approximate surface area is 159 Å². The standard InChI is InChI=1S/C19H16N6OS/c1-11-3-2-4-13(7-11)24-19(26)25-15-6-5-12(8-21-15)14-9-27-18-16(14)17(20)22-10-23-18/h2-10H,1H3,(H2,20,22,23)(H2,21,24,25,26). The lowest BCUT2D eigenvalue weighted by molar-refractivity contribution is 0.262. The number of urea groups is 1. The van der Waals surface area contributed by atoms with Crippen LogP contribution in [0.5, 0.6) is 0 Å². The Morgan fingerprint density at radius 2 is 2.00 bits per heavy atom. The molecule has 3 aromatic heterocycles. The molecule has 4 rings (SSSR count). The van der Waals surface area contributed by atoms with Gasteiger partial charge >= 0.3 is 6.03 Å². The van der Waals surface area contributed by atoms with Crippen molar-refractivity contribution in [2.75, 3.05) is 16.4 Å². The van der Waals surface area contributed by atoms with Crippen LogP contribution in [0.2, 0.25) is 0 Å². The second-order valence-electron chi connectivity index (χ2n) is 5.97. The maximum absolute atomic E-state index is 12.1. The first kappa shape index (κ1) is 16.9. The second-order valence-corrected chi connectivity index (χ2v) is 6.83. The van der Waals surface area contributed by atoms with E-state index >= 15 is 0 Å². The summed E-state index contributed by atoms with van der Waals surface area (Å²) in [6, 6.07) is 10.9. The van der Waals surface area contributed by atoms with E-state index in [0.717, 1.165) is 32.6 Å². The summed E-state index contributed by atoms with van der Waals surface area (Å²) in [5.41, 5.74) is 9.59. The maximum Gasteiger partial charge on any atom is 0.324 e. The van der Waals surface area contributed by atoms with Crippen LogP contribution in [0.4, 0.5) is 22.1 Å². The number of nitrogens with zero attached hydrogens (tertiary/aromatic N) is 3. The number of nitrogens with one attached hydrogen (secondary N) is 2. The highest BCUT2D eigenvalue weighted by atomic mass is 32.1. The van der Waals surface area contributed by atoms with Gasteiger partial charge in [0.15, 0.2) is 0 Å². The number of rotatable bonds is 3. The molecular weight excluding hydrogens is 360 g/mol. The molecule has 1 aromatic carbocycles. The van der Waals surface area contributed by atoms with Crippen LogP contribution in [0.1, 0.15) is 5.56 Å². The van der Waals surface area contributed by atoms with Crippen molar-refractivity contribution < 1.29 is 4.79 Å². The van der Waals surface area contributed by atoms with Crippen molar-refractivity contribution in [3.05, 3.63) is 59.9 Å². The van der Waals surface area contributed by atoms with Gasteiger partial charge in [0.1, 0.15) is 22.8 Å². The molecule has 7 nitrogen and oxygen atoms in total. The van der Waals surface area contributed by atoms with Gasteiger partial charge in [-0.25, -0.2) is 19.7 Å². The molecule has 0 unspecified atom stereocenters. The van der Waals surface area contributed by atoms with Gasteiger partial charge in [-0.15, -0.1) is 11.3 Å². The number of nitrogens with two attached hydrogens (primary N) is 1. The average Bonchev–Trinajstić information content (AvgIpc) is 3.08. The number of nitrogen functional groups attached to an aromatic ring is 1. The van der Waals surface area contributed by atoms with Gasteiger partial charge in [-0.1, -0.05) is 12.1 Å². The van der Waals surface area contributed by atoms with E-state index in [1.807, 2.05) is 42.6 Å². The number of pyridine rings is 1. The van der Waals surface area contributed by atoms with Crippen molar-refractivity contribution in [2.24, 2.45) is 0 Å². The second kappa shape index (κ2) is 7.00. The smallest absolute Gasteiger partial charge is 0.324 e. The van der Waals surface area contributed by atoms with Crippen molar-refractivity contribution in [2.45, 2.75) is 6.92 Å². The normalized spacial score (nSPS) is 10.7. The number of aromatic nitrogens is 3. The average molecular weight is 376 g/mol. The number of fused-ring (bicyclic) bond motifs is 1. The minimum absolute atomic E-state index is 0.348. The molecule has 0 fully saturated rings. The Kier molecular flexibility index (Phi) is 4.39. The lowest BCUT2D eigenvalue weighted by Crippen LogP contribution is -2.20. The Balaban J connectivity index is 1.51. The van der Waals surface area contributed by atoms with Gasteiger partial charge in [0.05, 0.1) is 5.39 Å². The zero-order valence-electron chi connectivity index (χ0n) is 14.4. The van der Waals surface area contributed by atoms with Gasteiger partial charge in [-0.2, -0.15) is 0 Å². The Morgan fingerprint density at radius 3 is 2.78 bits per heavy atom. The highest BCUT2D eigenvalue weighted by Gasteiger charge is 2.12. The first-order valence-electron chi connectivity index (χ1n) is 8.19. The molecular formula is C19H16N6OS. The summed E-state index contributed by atoms with van der Waals surface area (Å²) in [4.78, 5) is 25.6. The van der Waals surface area contributed by atoms with Gasteiger partial charge in [-0.3, -0.25) is 5.32 Å². The zero-order valence-corrected chi connectivity index (χ0v) is 15.2. The van der Waals surface area contributed by atoms with E-state index in [-0.39, 0.29) is 6.03 Å². The van der Waals surface area contributed by atoms with Gasteiger partial charge in [0, 0.05) is 28.4 Å². The summed E-state index contributed by atoms with van der Waals surface area (Å²) in [7, 11) is 0. The van der Waals surface area contributed by atoms with Crippen molar-refractivity contribution >= 4 is 44.9 Å². The van der Waals surface area contributed by atoms with Crippen molar-refractivity contribution in [1.29, 1.82) is 0 Å². The van der Waals surface area contributed by atoms with Gasteiger partial charge in [0.2, 0.25) is 0 Å². The molecule has 0 aliphatic carbocycles. The molecule has 4 aromatic rings. The van der Waals surface area contributed by atoms with E-state index in [9.17, 15) is 4.79 Å². The fourth-order valence-corrected chi connectivity index (χ4v) is 3.66. The zero-order chi connectivity index (χ0) is 18.8. The molecule has 3 heterocycles. The molecule has 0 aliphatic rings. The Bertz CT molecular complexity index is 1120. The summed E-state index contributed by atoms with van der Waals surface area (Å²) in [5, 5.41) is 8.30. The third kappa shape index (κ3) is 3.56. The third-order valence-corrected chi connectivity index (χ3v) is 4.88. The van der Waals surface area contributed by atoms with Gasteiger partial charge in [0.25, 0.3) is 0 Å². The minimum Gasteiger partial charge on any atom is -0.383 e. The number of anilines is 3. The van der Waals surface area contributed by atoms with E-state index in [2.05, 4.69) is 25.6 Å². The third-order valence-electron chi connectivity index (χ3n) is 3.99. The van der Waals surface area contributed by atoms with E-state index in [1.165, 1.54) is 17.7 Å². The monoisotopic (exact) mass is 376 g/mol. The number of carbonyl (C=O) groups is 1. The number of hydrogen-bond acceptors (Lipinski definition) is 6. The summed E-state index contributed by atoms with van der Waals surface area (Å²) >= 11 is 1.50. The van der Waals surface area contributed by atoms with Crippen LogP contribution in [0.25, 0.3) is 21.3 Å². The molecule has 0 spiro atoms. The number of benzene rings is 1. The molecule has 4 N–H and O–H groups in total. The highest BCUT2D eigenvalue weighted by molar-refractivity contribution is 7.17. The minimum atomic E-state index is -0.348. The Hall–Kier alpha value is -3.52. The van der Waals surface area contributed by atoms with Crippen molar-refractivity contribution in [3.63, 3.8) is 0 Å². The lowest BCUT2D eigenvalue weighted by atomic mass is 10.1. The molecule has 0 aliphatic heterocycles. The predicted molar refractivity (Wildman–Crippen MR) is 109 cm³/mol. The van der Waals surface area contributed by atoms with E-state index < -0.39 is 0 Å². The molecule has 27 heavy (non-hydrogen) atoms. The number of thiophene rings is 1. The number of hydrogen-bond donors (Lipinski definition) is 3. The Morgan fingerprint density at radius 1 is 1.11 bits per heavy atom. The van der Waals surface area contributed by atoms with Crippen molar-refractivity contribution in [3.8, 4) is 11.1 Å². The molecule has 2 amide bonds. The van der Waals surface area contributed by atoms with Crippen LogP contribution < -0.4 is 16.4 Å². The highest BCUT2D eigenvalue weighted by Crippen LogP contribution is 2.35. The summed E-state index contributed by atoms with van der Waals surface area (Å²) in [5.74, 6) is 0.892. The fraction of sp³-hybridized carbons (Fsp3) is 0.0526. The quantitative estimate of drug-likeness (QED) is 0.495. The van der Waals surface area contributed by atoms with Crippen LogP contribution in [0, 0.1) is 6.92 Å². The number of aryl methyl sites for hydroxylation is 1. The van der Waals surface area contributed by atoms with Crippen LogP contribution in [-0.2, 0) is 0 Å². The molecule has 0 saturated carbocycles. The molecule has 8 heteroatoms. The van der Waals surface area contributed by atoms with Gasteiger partial charge < -0.3 is 11.1 Å². The number of carbonyl (C=O) groups excluding carboxylic acids is 1. The molecule has 0 radical (unpaired) electrons. The first-order chi connectivity index (χ1) is 13.1. The lowest BCUT2D eigenvalue weighted by Gasteiger charge is -2.08. The fourth-order valence-electron chi connectivity index (χ4n) is 2.74. The van der Waals surface area contributed by atoms with Gasteiger partial charge in [-0.05, 0) is 36.8 Å². The molecule has 134 valence electrons. The molecule has 0 bridgehead atoms. The van der Waals surface area contributed by atoms with E-state index in [1.54, 1.807) is 12.3 Å². The van der Waals surface area contributed by atoms with Crippen molar-refractivity contribution in [1.82, 2.24) is 15.0 Å². The largest absolute Gasteiger partial charge is 0.383 e. The first-order valence-corrected chi connectivity index (χ1v) is 9.07. The number of amides is 2. The summed E-state index contributed by atoms with van der Waals surface area (Å²) in [6.07, 6.45) is 3.15. The van der Waals surface area contributed by atoms with E-state index in [4.69, 9.17) is 5.73 Å². The predicted octanol–water partition coefficient (Wildman–Crippen LogP) is 4.29. The van der Waals surface area contributed by atoms with Crippen LogP contribution >= 0.6 is 11.3 Å². The van der Waals surface area contributed by atoms with Crippen LogP contribution in [-0.4, -0.2) is 21.0 Å². The molecule has 0 atom stereocenters. The molecule has 0 saturated heterocycles. The summed E-state index contributed by atoms with van der Waals surface area (Å²) in [6.45, 7) is 1.97. The van der Waals surface area contributed by atoms with Crippen LogP contribution in [0.15, 0.2) is 54.3 Å². The van der Waals surface area contributed by atoms with E-state index in [0.29, 0.717) is 11.6 Å². The maximum atomic E-state index is 12.1. The SMILES string of the molecule is Cc1cccc(NC(=O)Nc2ccc(-c3csc4ncnc(N)c34)cn2)c1. The van der Waals surface area contributed by atoms with Crippen LogP contribution in [0.3, 0.4) is 0 Å². The topological polar surface area (TPSA) is 106 Å². The summed E-state index contributed by atoms with van der Waals surface area (Å²) < 4.78 is 0.